The summed E-state index contributed by atoms with van der Waals surface area (Å²) in [6.07, 6.45) is 1.82. The molecule has 0 atom stereocenters. The number of methoxy groups -OCH3 is 1. The first-order chi connectivity index (χ1) is 8.69. The molecule has 1 amide bonds. The molecule has 0 fully saturated rings. The summed E-state index contributed by atoms with van der Waals surface area (Å²) in [4.78, 5) is 13.3. The Labute approximate surface area is 105 Å². The van der Waals surface area contributed by atoms with Crippen molar-refractivity contribution in [2.45, 2.75) is 0 Å². The Morgan fingerprint density at radius 1 is 1.33 bits per heavy atom. The maximum Gasteiger partial charge on any atom is 0.272 e. The minimum absolute atomic E-state index is 0.0437. The number of hydrogen-bond donors (Lipinski definition) is 0. The molecule has 1 aromatic rings. The van der Waals surface area contributed by atoms with E-state index in [9.17, 15) is 4.79 Å². The Hall–Kier alpha value is -2.54. The summed E-state index contributed by atoms with van der Waals surface area (Å²) in [6.45, 7) is 0. The van der Waals surface area contributed by atoms with Crippen LogP contribution < -0.4 is 0 Å². The molecule has 0 spiro atoms. The van der Waals surface area contributed by atoms with E-state index in [-0.39, 0.29) is 11.5 Å². The highest BCUT2D eigenvalue weighted by atomic mass is 16.5. The smallest absolute Gasteiger partial charge is 0.272 e. The Morgan fingerprint density at radius 2 is 2.00 bits per heavy atom. The maximum absolute atomic E-state index is 11.8. The summed E-state index contributed by atoms with van der Waals surface area (Å²) in [7, 11) is 3.08. The molecule has 0 aliphatic carbocycles. The molecule has 4 heteroatoms. The number of ether oxygens (including phenoxy) is 1. The summed E-state index contributed by atoms with van der Waals surface area (Å²) >= 11 is 0. The fourth-order valence-corrected chi connectivity index (χ4v) is 1.83. The van der Waals surface area contributed by atoms with E-state index in [1.54, 1.807) is 7.05 Å². The number of nitrogens with zero attached hydrogens (tertiary/aromatic N) is 2. The first-order valence-electron chi connectivity index (χ1n) is 5.42. The molecule has 2 rings (SSSR count). The van der Waals surface area contributed by atoms with E-state index in [1.165, 1.54) is 12.0 Å². The molecule has 0 saturated carbocycles. The van der Waals surface area contributed by atoms with Crippen molar-refractivity contribution in [1.82, 2.24) is 4.90 Å². The van der Waals surface area contributed by atoms with Crippen LogP contribution in [0.15, 0.2) is 47.4 Å². The van der Waals surface area contributed by atoms with Gasteiger partial charge in [0.2, 0.25) is 0 Å². The maximum atomic E-state index is 11.8. The third kappa shape index (κ3) is 1.87. The van der Waals surface area contributed by atoms with Crippen LogP contribution in [0.25, 0.3) is 6.08 Å². The lowest BCUT2D eigenvalue weighted by Crippen LogP contribution is -2.20. The van der Waals surface area contributed by atoms with E-state index in [1.807, 2.05) is 42.5 Å². The van der Waals surface area contributed by atoms with E-state index < -0.39 is 0 Å². The Balaban J connectivity index is 2.51. The molecule has 18 heavy (non-hydrogen) atoms. The van der Waals surface area contributed by atoms with Crippen LogP contribution in [0.4, 0.5) is 0 Å². The third-order valence-electron chi connectivity index (χ3n) is 2.76. The van der Waals surface area contributed by atoms with Gasteiger partial charge in [0.15, 0.2) is 11.3 Å². The molecular formula is C14H12N2O2. The molecule has 1 aliphatic heterocycles. The normalized spacial score (nSPS) is 17.3. The zero-order valence-corrected chi connectivity index (χ0v) is 10.2. The lowest BCUT2D eigenvalue weighted by atomic mass is 10.1. The van der Waals surface area contributed by atoms with Crippen molar-refractivity contribution in [1.29, 1.82) is 5.26 Å². The Morgan fingerprint density at radius 3 is 2.56 bits per heavy atom. The average Bonchev–Trinajstić information content (AvgIpc) is 2.63. The summed E-state index contributed by atoms with van der Waals surface area (Å²) in [5.74, 6) is -0.00890. The fourth-order valence-electron chi connectivity index (χ4n) is 1.83. The summed E-state index contributed by atoms with van der Waals surface area (Å²) in [5.41, 5.74) is 1.59. The van der Waals surface area contributed by atoms with Crippen molar-refractivity contribution in [2.75, 3.05) is 14.2 Å². The van der Waals surface area contributed by atoms with Crippen LogP contribution in [0.3, 0.4) is 0 Å². The monoisotopic (exact) mass is 240 g/mol. The number of carbonyl (C=O) groups is 1. The summed E-state index contributed by atoms with van der Waals surface area (Å²) in [5, 5.41) is 8.98. The first-order valence-corrected chi connectivity index (χ1v) is 5.42. The van der Waals surface area contributed by atoms with Crippen LogP contribution in [0, 0.1) is 11.3 Å². The van der Waals surface area contributed by atoms with Crippen molar-refractivity contribution in [2.24, 2.45) is 0 Å². The molecule has 90 valence electrons. The largest absolute Gasteiger partial charge is 0.493 e. The van der Waals surface area contributed by atoms with Gasteiger partial charge in [-0.15, -0.1) is 0 Å². The van der Waals surface area contributed by atoms with Crippen LogP contribution in [-0.2, 0) is 9.53 Å². The second kappa shape index (κ2) is 4.76. The van der Waals surface area contributed by atoms with Gasteiger partial charge in [0, 0.05) is 7.05 Å². The quantitative estimate of drug-likeness (QED) is 0.793. The second-order valence-electron chi connectivity index (χ2n) is 3.82. The molecule has 1 aliphatic rings. The Bertz CT molecular complexity index is 580. The van der Waals surface area contributed by atoms with Gasteiger partial charge < -0.3 is 9.64 Å². The van der Waals surface area contributed by atoms with Gasteiger partial charge >= 0.3 is 0 Å². The van der Waals surface area contributed by atoms with Crippen molar-refractivity contribution in [3.05, 3.63) is 52.9 Å². The zero-order valence-electron chi connectivity index (χ0n) is 10.2. The minimum atomic E-state index is -0.337. The first kappa shape index (κ1) is 11.9. The van der Waals surface area contributed by atoms with Crippen molar-refractivity contribution in [3.8, 4) is 6.07 Å². The van der Waals surface area contributed by atoms with Crippen LogP contribution >= 0.6 is 0 Å². The number of amides is 1. The molecule has 1 aromatic carbocycles. The van der Waals surface area contributed by atoms with E-state index in [4.69, 9.17) is 10.00 Å². The number of carbonyl (C=O) groups excluding carboxylic acids is 1. The van der Waals surface area contributed by atoms with Crippen molar-refractivity contribution in [3.63, 3.8) is 0 Å². The number of nitriles is 1. The molecule has 4 nitrogen and oxygen atoms in total. The lowest BCUT2D eigenvalue weighted by molar-refractivity contribution is -0.122. The average molecular weight is 240 g/mol. The van der Waals surface area contributed by atoms with Crippen molar-refractivity contribution >= 4 is 12.0 Å². The van der Waals surface area contributed by atoms with Gasteiger partial charge in [-0.25, -0.2) is 0 Å². The van der Waals surface area contributed by atoms with Gasteiger partial charge in [0.1, 0.15) is 6.07 Å². The van der Waals surface area contributed by atoms with Crippen LogP contribution in [-0.4, -0.2) is 25.0 Å². The topological polar surface area (TPSA) is 53.3 Å². The van der Waals surface area contributed by atoms with Crippen molar-refractivity contribution < 1.29 is 9.53 Å². The van der Waals surface area contributed by atoms with E-state index in [0.717, 1.165) is 5.56 Å². The number of hydrogen-bond acceptors (Lipinski definition) is 3. The SMILES string of the molecule is COC1=C(C#N)C(=O)N(C)/C1=C\c1ccccc1. The number of likely N-dealkylation sites (N-methyl/N-ethyl adjacent to an activating group) is 1. The number of rotatable bonds is 2. The highest BCUT2D eigenvalue weighted by Crippen LogP contribution is 2.29. The molecular weight excluding hydrogens is 228 g/mol. The van der Waals surface area contributed by atoms with Gasteiger partial charge in [-0.2, -0.15) is 5.26 Å². The molecule has 1 heterocycles. The third-order valence-corrected chi connectivity index (χ3v) is 2.76. The Kier molecular flexibility index (Phi) is 3.16. The van der Waals surface area contributed by atoms with Gasteiger partial charge in [-0.3, -0.25) is 4.79 Å². The van der Waals surface area contributed by atoms with Gasteiger partial charge in [-0.05, 0) is 11.6 Å². The van der Waals surface area contributed by atoms with E-state index in [0.29, 0.717) is 11.5 Å². The summed E-state index contributed by atoms with van der Waals surface area (Å²) < 4.78 is 5.17. The predicted octanol–water partition coefficient (Wildman–Crippen LogP) is 1.92. The number of benzene rings is 1. The molecule has 0 saturated heterocycles. The highest BCUT2D eigenvalue weighted by molar-refractivity contribution is 6.04. The van der Waals surface area contributed by atoms with Gasteiger partial charge in [0.25, 0.3) is 5.91 Å². The second-order valence-corrected chi connectivity index (χ2v) is 3.82. The van der Waals surface area contributed by atoms with Crippen LogP contribution in [0.5, 0.6) is 0 Å². The van der Waals surface area contributed by atoms with Gasteiger partial charge in [0.05, 0.1) is 12.8 Å². The van der Waals surface area contributed by atoms with E-state index >= 15 is 0 Å². The lowest BCUT2D eigenvalue weighted by Gasteiger charge is -2.12. The molecule has 0 aromatic heterocycles. The minimum Gasteiger partial charge on any atom is -0.493 e. The highest BCUT2D eigenvalue weighted by Gasteiger charge is 2.33. The van der Waals surface area contributed by atoms with Crippen LogP contribution in [0.2, 0.25) is 0 Å². The van der Waals surface area contributed by atoms with E-state index in [2.05, 4.69) is 0 Å². The van der Waals surface area contributed by atoms with Crippen LogP contribution in [0.1, 0.15) is 5.56 Å². The molecule has 0 N–H and O–H groups in total. The standard InChI is InChI=1S/C14H12N2O2/c1-16-12(8-10-6-4-3-5-7-10)13(18-2)11(9-15)14(16)17/h3-8H,1-2H3/b12-8-. The molecule has 0 unspecified atom stereocenters. The predicted molar refractivity (Wildman–Crippen MR) is 66.8 cm³/mol. The fraction of sp³-hybridized carbons (Fsp3) is 0.143. The summed E-state index contributed by atoms with van der Waals surface area (Å²) in [6, 6.07) is 11.5. The molecule has 0 bridgehead atoms. The molecule has 0 radical (unpaired) electrons. The van der Waals surface area contributed by atoms with Gasteiger partial charge in [-0.1, -0.05) is 30.3 Å². The zero-order chi connectivity index (χ0) is 13.1.